The molecule has 0 aliphatic heterocycles. The lowest BCUT2D eigenvalue weighted by Gasteiger charge is -2.11. The number of aromatic nitrogens is 2. The lowest BCUT2D eigenvalue weighted by atomic mass is 9.98. The normalized spacial score (nSPS) is 11.9. The Bertz CT molecular complexity index is 3120. The Morgan fingerprint density at radius 3 is 1.59 bits per heavy atom. The van der Waals surface area contributed by atoms with Gasteiger partial charge >= 0.3 is 0 Å². The van der Waals surface area contributed by atoms with Crippen LogP contribution >= 0.6 is 11.3 Å². The predicted octanol–water partition coefficient (Wildman–Crippen LogP) is 13.6. The molecule has 0 bridgehead atoms. The van der Waals surface area contributed by atoms with E-state index < -0.39 is 0 Å². The summed E-state index contributed by atoms with van der Waals surface area (Å²) in [5.74, 6) is 0. The predicted molar refractivity (Wildman–Crippen MR) is 219 cm³/mol. The molecular weight excluding hydrogens is 637 g/mol. The van der Waals surface area contributed by atoms with Gasteiger partial charge in [0.25, 0.3) is 0 Å². The van der Waals surface area contributed by atoms with Gasteiger partial charge < -0.3 is 9.13 Å². The van der Waals surface area contributed by atoms with Gasteiger partial charge in [-0.1, -0.05) is 121 Å². The molecule has 0 unspecified atom stereocenters. The molecule has 0 amide bonds. The number of hydrogen-bond donors (Lipinski definition) is 0. The van der Waals surface area contributed by atoms with Gasteiger partial charge in [0.15, 0.2) is 0 Å². The van der Waals surface area contributed by atoms with E-state index in [2.05, 4.69) is 191 Å². The Balaban J connectivity index is 1.06. The summed E-state index contributed by atoms with van der Waals surface area (Å²) in [6, 6.07) is 66.5. The summed E-state index contributed by atoms with van der Waals surface area (Å²) in [6.45, 7) is 0. The monoisotopic (exact) mass is 666 g/mol. The second kappa shape index (κ2) is 11.0. The quantitative estimate of drug-likeness (QED) is 0.177. The summed E-state index contributed by atoms with van der Waals surface area (Å²) in [4.78, 5) is 0. The number of rotatable bonds is 4. The highest BCUT2D eigenvalue weighted by molar-refractivity contribution is 7.26. The van der Waals surface area contributed by atoms with E-state index in [9.17, 15) is 0 Å². The van der Waals surface area contributed by atoms with Crippen LogP contribution in [0.5, 0.6) is 0 Å². The molecule has 3 heteroatoms. The fraction of sp³-hybridized carbons (Fsp3) is 0. The fourth-order valence-corrected chi connectivity index (χ4v) is 9.53. The molecule has 0 aliphatic rings. The van der Waals surface area contributed by atoms with Crippen molar-refractivity contribution in [2.24, 2.45) is 0 Å². The van der Waals surface area contributed by atoms with Gasteiger partial charge in [-0.25, -0.2) is 0 Å². The van der Waals surface area contributed by atoms with Gasteiger partial charge in [0.2, 0.25) is 0 Å². The third-order valence-electron chi connectivity index (χ3n) is 10.5. The Labute approximate surface area is 298 Å². The summed E-state index contributed by atoms with van der Waals surface area (Å²) in [7, 11) is 0. The molecule has 8 aromatic carbocycles. The maximum atomic E-state index is 2.43. The van der Waals surface area contributed by atoms with Crippen LogP contribution in [-0.2, 0) is 0 Å². The summed E-state index contributed by atoms with van der Waals surface area (Å²) < 4.78 is 7.51. The number of thiophene rings is 1. The number of hydrogen-bond acceptors (Lipinski definition) is 1. The smallest absolute Gasteiger partial charge is 0.0548 e. The van der Waals surface area contributed by atoms with Crippen molar-refractivity contribution in [3.63, 3.8) is 0 Å². The zero-order chi connectivity index (χ0) is 33.5. The van der Waals surface area contributed by atoms with Crippen molar-refractivity contribution >= 4 is 75.1 Å². The van der Waals surface area contributed by atoms with E-state index in [-0.39, 0.29) is 0 Å². The van der Waals surface area contributed by atoms with E-state index in [0.717, 1.165) is 5.69 Å². The maximum Gasteiger partial charge on any atom is 0.0548 e. The molecule has 0 atom stereocenters. The molecule has 11 rings (SSSR count). The molecule has 0 N–H and O–H groups in total. The lowest BCUT2D eigenvalue weighted by Crippen LogP contribution is -1.94. The summed E-state index contributed by atoms with van der Waals surface area (Å²) >= 11 is 1.88. The van der Waals surface area contributed by atoms with Gasteiger partial charge in [-0.05, 0) is 82.9 Å². The molecule has 11 aromatic rings. The van der Waals surface area contributed by atoms with Crippen LogP contribution in [0.3, 0.4) is 0 Å². The summed E-state index contributed by atoms with van der Waals surface area (Å²) in [5.41, 5.74) is 12.2. The first-order valence-electron chi connectivity index (χ1n) is 17.4. The average molecular weight is 667 g/mol. The minimum Gasteiger partial charge on any atom is -0.309 e. The highest BCUT2D eigenvalue weighted by atomic mass is 32.1. The van der Waals surface area contributed by atoms with Crippen LogP contribution in [0, 0.1) is 0 Å². The van der Waals surface area contributed by atoms with Crippen molar-refractivity contribution in [2.75, 3.05) is 0 Å². The molecule has 0 fully saturated rings. The lowest BCUT2D eigenvalue weighted by molar-refractivity contribution is 1.17. The first-order chi connectivity index (χ1) is 25.3. The van der Waals surface area contributed by atoms with Crippen LogP contribution in [0.4, 0.5) is 0 Å². The number of nitrogens with zero attached hydrogens (tertiary/aromatic N) is 2. The van der Waals surface area contributed by atoms with Gasteiger partial charge in [-0.2, -0.15) is 0 Å². The third kappa shape index (κ3) is 4.22. The molecule has 51 heavy (non-hydrogen) atoms. The molecule has 2 nitrogen and oxygen atoms in total. The van der Waals surface area contributed by atoms with Gasteiger partial charge in [-0.15, -0.1) is 11.3 Å². The van der Waals surface area contributed by atoms with E-state index >= 15 is 0 Å². The van der Waals surface area contributed by atoms with Crippen molar-refractivity contribution in [3.8, 4) is 33.6 Å². The highest BCUT2D eigenvalue weighted by Crippen LogP contribution is 2.43. The van der Waals surface area contributed by atoms with Crippen molar-refractivity contribution in [2.45, 2.75) is 0 Å². The zero-order valence-corrected chi connectivity index (χ0v) is 28.4. The number of benzene rings is 8. The van der Waals surface area contributed by atoms with E-state index in [1.807, 2.05) is 11.3 Å². The van der Waals surface area contributed by atoms with Crippen molar-refractivity contribution in [1.82, 2.24) is 9.13 Å². The van der Waals surface area contributed by atoms with Crippen LogP contribution in [0.2, 0.25) is 0 Å². The molecule has 238 valence electrons. The largest absolute Gasteiger partial charge is 0.309 e. The molecule has 0 radical (unpaired) electrons. The van der Waals surface area contributed by atoms with Crippen LogP contribution in [0.25, 0.3) is 97.4 Å². The van der Waals surface area contributed by atoms with E-state index in [0.29, 0.717) is 0 Å². The Kier molecular flexibility index (Phi) is 6.16. The Hall–Kier alpha value is -6.42. The van der Waals surface area contributed by atoms with Crippen LogP contribution < -0.4 is 0 Å². The second-order valence-electron chi connectivity index (χ2n) is 13.3. The van der Waals surface area contributed by atoms with Crippen molar-refractivity contribution in [3.05, 3.63) is 182 Å². The van der Waals surface area contributed by atoms with E-state index in [1.54, 1.807) is 0 Å². The maximum absolute atomic E-state index is 2.43. The molecule has 0 spiro atoms. The molecule has 3 aromatic heterocycles. The third-order valence-corrected chi connectivity index (χ3v) is 11.7. The first-order valence-corrected chi connectivity index (χ1v) is 18.3. The summed E-state index contributed by atoms with van der Waals surface area (Å²) in [6.07, 6.45) is 0. The topological polar surface area (TPSA) is 9.86 Å². The number of para-hydroxylation sites is 3. The average Bonchev–Trinajstić information content (AvgIpc) is 3.86. The number of fused-ring (bicyclic) bond motifs is 10. The SMILES string of the molecule is c1ccc(-n2c3ccccc3c3c4c5ccccc5n(-c5ccc(-c6cccc(-c7cccc8c7sc7ccccc78)c6)cc5)c4ccc32)cc1. The van der Waals surface area contributed by atoms with Crippen LogP contribution in [-0.4, -0.2) is 9.13 Å². The van der Waals surface area contributed by atoms with E-state index in [4.69, 9.17) is 0 Å². The second-order valence-corrected chi connectivity index (χ2v) is 14.4. The molecular formula is C48H30N2S. The standard InChI is InChI=1S/C48H30N2S/c1-2-14-34(15-3-1)49-41-21-7-4-17-39(41)46-43(49)28-29-44-47(46)40-18-5-8-22-42(40)50(44)35-26-24-31(25-27-35)32-12-10-13-33(30-32)36-19-11-20-38-37-16-6-9-23-45(37)51-48(36)38/h1-30H. The fourth-order valence-electron chi connectivity index (χ4n) is 8.30. The Morgan fingerprint density at radius 1 is 0.333 bits per heavy atom. The minimum absolute atomic E-state index is 1.15. The summed E-state index contributed by atoms with van der Waals surface area (Å²) in [5, 5.41) is 7.78. The van der Waals surface area contributed by atoms with Gasteiger partial charge in [0, 0.05) is 53.1 Å². The molecule has 0 saturated carbocycles. The van der Waals surface area contributed by atoms with Crippen molar-refractivity contribution in [1.29, 1.82) is 0 Å². The van der Waals surface area contributed by atoms with Gasteiger partial charge in [0.1, 0.15) is 0 Å². The molecule has 0 saturated heterocycles. The van der Waals surface area contributed by atoms with E-state index in [1.165, 1.54) is 91.7 Å². The van der Waals surface area contributed by atoms with Gasteiger partial charge in [-0.3, -0.25) is 0 Å². The van der Waals surface area contributed by atoms with Crippen molar-refractivity contribution < 1.29 is 0 Å². The minimum atomic E-state index is 1.15. The highest BCUT2D eigenvalue weighted by Gasteiger charge is 2.20. The Morgan fingerprint density at radius 2 is 0.882 bits per heavy atom. The van der Waals surface area contributed by atoms with Crippen LogP contribution in [0.1, 0.15) is 0 Å². The van der Waals surface area contributed by atoms with Crippen LogP contribution in [0.15, 0.2) is 182 Å². The first kappa shape index (κ1) is 28.4. The van der Waals surface area contributed by atoms with Gasteiger partial charge in [0.05, 0.1) is 22.1 Å². The molecule has 0 aliphatic carbocycles. The molecule has 3 heterocycles. The zero-order valence-electron chi connectivity index (χ0n) is 27.6.